The van der Waals surface area contributed by atoms with E-state index in [-0.39, 0.29) is 0 Å². The average molecular weight is 299 g/mol. The van der Waals surface area contributed by atoms with Gasteiger partial charge in [0, 0.05) is 0 Å². The molecule has 0 aromatic heterocycles. The van der Waals surface area contributed by atoms with E-state index in [0.29, 0.717) is 3.74 Å². The summed E-state index contributed by atoms with van der Waals surface area (Å²) in [4.78, 5) is 0. The quantitative estimate of drug-likeness (QED) is 0.434. The molecule has 0 aliphatic heterocycles. The second-order valence-corrected chi connectivity index (χ2v) is 6.59. The molecule has 0 heterocycles. The van der Waals surface area contributed by atoms with Crippen LogP contribution >= 0.6 is 31.9 Å². The van der Waals surface area contributed by atoms with Crippen LogP contribution in [0.25, 0.3) is 0 Å². The molecule has 0 atom stereocenters. The van der Waals surface area contributed by atoms with Crippen LogP contribution in [0, 0.1) is 6.92 Å². The Bertz CT molecular complexity index is 81.9. The van der Waals surface area contributed by atoms with Crippen molar-refractivity contribution in [1.82, 2.24) is 0 Å². The Morgan fingerprint density at radius 2 is 1.33 bits per heavy atom. The number of alkyl halides is 2. The van der Waals surface area contributed by atoms with E-state index in [0.717, 1.165) is 6.42 Å². The van der Waals surface area contributed by atoms with Crippen molar-refractivity contribution in [2.24, 2.45) is 0 Å². The van der Waals surface area contributed by atoms with Crippen LogP contribution < -0.4 is 0 Å². The lowest BCUT2D eigenvalue weighted by molar-refractivity contribution is 0.591. The van der Waals surface area contributed by atoms with Crippen LogP contribution in [0.2, 0.25) is 0 Å². The molecule has 0 aliphatic rings. The fourth-order valence-electron chi connectivity index (χ4n) is 1.18. The second kappa shape index (κ2) is 10.0. The van der Waals surface area contributed by atoms with Crippen molar-refractivity contribution in [2.45, 2.75) is 55.1 Å². The number of hydrogen-bond donors (Lipinski definition) is 0. The first-order valence-electron chi connectivity index (χ1n) is 4.84. The van der Waals surface area contributed by atoms with Crippen LogP contribution in [-0.4, -0.2) is 3.74 Å². The van der Waals surface area contributed by atoms with Gasteiger partial charge in [-0.05, 0) is 6.42 Å². The number of unbranched alkanes of at least 4 members (excludes halogenated alkanes) is 6. The average Bonchev–Trinajstić information content (AvgIpc) is 2.02. The van der Waals surface area contributed by atoms with Crippen LogP contribution in [0.5, 0.6) is 0 Å². The molecule has 73 valence electrons. The summed E-state index contributed by atoms with van der Waals surface area (Å²) in [6, 6.07) is 0. The van der Waals surface area contributed by atoms with Crippen LogP contribution in [0.3, 0.4) is 0 Å². The minimum atomic E-state index is 0.518. The lowest BCUT2D eigenvalue weighted by Gasteiger charge is -2.01. The fourth-order valence-corrected chi connectivity index (χ4v) is 1.83. The second-order valence-electron chi connectivity index (χ2n) is 3.15. The lowest BCUT2D eigenvalue weighted by atomic mass is 10.1. The molecule has 0 bridgehead atoms. The molecule has 0 unspecified atom stereocenters. The van der Waals surface area contributed by atoms with Crippen molar-refractivity contribution < 1.29 is 0 Å². The molecular formula is C10H19Br2. The molecule has 0 nitrogen and oxygen atoms in total. The van der Waals surface area contributed by atoms with Gasteiger partial charge in [0.25, 0.3) is 0 Å². The normalized spacial score (nSPS) is 11.0. The van der Waals surface area contributed by atoms with Gasteiger partial charge in [0.2, 0.25) is 0 Å². The molecule has 0 saturated carbocycles. The highest BCUT2D eigenvalue weighted by Gasteiger charge is 1.96. The summed E-state index contributed by atoms with van der Waals surface area (Å²) in [6.45, 7) is 3.83. The Balaban J connectivity index is 2.82. The van der Waals surface area contributed by atoms with Gasteiger partial charge in [0.15, 0.2) is 0 Å². The highest BCUT2D eigenvalue weighted by atomic mass is 79.9. The van der Waals surface area contributed by atoms with Gasteiger partial charge in [-0.3, -0.25) is 0 Å². The fraction of sp³-hybridized carbons (Fsp3) is 0.900. The summed E-state index contributed by atoms with van der Waals surface area (Å²) in [5.41, 5.74) is 0. The molecule has 12 heavy (non-hydrogen) atoms. The molecule has 0 rings (SSSR count). The Hall–Kier alpha value is 0.960. The van der Waals surface area contributed by atoms with Crippen molar-refractivity contribution in [3.05, 3.63) is 6.92 Å². The topological polar surface area (TPSA) is 0 Å². The Morgan fingerprint density at radius 1 is 0.833 bits per heavy atom. The molecule has 0 fully saturated rings. The summed E-state index contributed by atoms with van der Waals surface area (Å²) in [6.07, 6.45) is 10.5. The van der Waals surface area contributed by atoms with Crippen molar-refractivity contribution in [3.63, 3.8) is 0 Å². The van der Waals surface area contributed by atoms with Gasteiger partial charge in [0.05, 0.1) is 3.74 Å². The molecule has 0 aromatic rings. The summed E-state index contributed by atoms with van der Waals surface area (Å²) in [5.74, 6) is 0. The molecule has 0 spiro atoms. The molecule has 2 heteroatoms. The van der Waals surface area contributed by atoms with Crippen molar-refractivity contribution in [2.75, 3.05) is 0 Å². The summed E-state index contributed by atoms with van der Waals surface area (Å²) >= 11 is 6.95. The zero-order chi connectivity index (χ0) is 9.23. The van der Waals surface area contributed by atoms with Gasteiger partial charge in [-0.25, -0.2) is 0 Å². The third kappa shape index (κ3) is 11.0. The van der Waals surface area contributed by atoms with E-state index in [4.69, 9.17) is 0 Å². The first kappa shape index (κ1) is 13.0. The van der Waals surface area contributed by atoms with Crippen molar-refractivity contribution >= 4 is 31.9 Å². The Kier molecular flexibility index (Phi) is 10.8. The van der Waals surface area contributed by atoms with E-state index >= 15 is 0 Å². The Labute approximate surface area is 93.8 Å². The molecule has 0 N–H and O–H groups in total. The van der Waals surface area contributed by atoms with E-state index in [1.54, 1.807) is 0 Å². The first-order valence-corrected chi connectivity index (χ1v) is 6.68. The lowest BCUT2D eigenvalue weighted by Crippen LogP contribution is -1.85. The van der Waals surface area contributed by atoms with Gasteiger partial charge in [-0.2, -0.15) is 0 Å². The highest BCUT2D eigenvalue weighted by Crippen LogP contribution is 2.17. The SMILES string of the molecule is [CH2]CCCCCCCCC(Br)Br. The summed E-state index contributed by atoms with van der Waals surface area (Å²) < 4.78 is 0.518. The minimum absolute atomic E-state index is 0.518. The number of rotatable bonds is 8. The molecule has 0 amide bonds. The third-order valence-electron chi connectivity index (χ3n) is 1.92. The first-order chi connectivity index (χ1) is 5.77. The molecule has 0 saturated heterocycles. The maximum absolute atomic E-state index is 3.83. The maximum Gasteiger partial charge on any atom is 0.0697 e. The van der Waals surface area contributed by atoms with E-state index in [9.17, 15) is 0 Å². The highest BCUT2D eigenvalue weighted by molar-refractivity contribution is 9.24. The predicted molar refractivity (Wildman–Crippen MR) is 63.9 cm³/mol. The molecular weight excluding hydrogens is 280 g/mol. The van der Waals surface area contributed by atoms with Gasteiger partial charge in [-0.15, -0.1) is 0 Å². The maximum atomic E-state index is 3.83. The van der Waals surface area contributed by atoms with Crippen LogP contribution in [-0.2, 0) is 0 Å². The van der Waals surface area contributed by atoms with Crippen molar-refractivity contribution in [3.8, 4) is 0 Å². The van der Waals surface area contributed by atoms with Gasteiger partial charge < -0.3 is 0 Å². The van der Waals surface area contributed by atoms with E-state index in [1.807, 2.05) is 0 Å². The molecule has 1 radical (unpaired) electrons. The smallest absolute Gasteiger partial charge is 0.0697 e. The third-order valence-corrected chi connectivity index (χ3v) is 2.84. The van der Waals surface area contributed by atoms with Gasteiger partial charge >= 0.3 is 0 Å². The largest absolute Gasteiger partial charge is 0.0765 e. The monoisotopic (exact) mass is 297 g/mol. The van der Waals surface area contributed by atoms with Crippen LogP contribution in [0.1, 0.15) is 51.4 Å². The number of halogens is 2. The van der Waals surface area contributed by atoms with E-state index < -0.39 is 0 Å². The van der Waals surface area contributed by atoms with E-state index in [2.05, 4.69) is 38.8 Å². The minimum Gasteiger partial charge on any atom is -0.0765 e. The van der Waals surface area contributed by atoms with Crippen LogP contribution in [0.4, 0.5) is 0 Å². The standard InChI is InChI=1S/C10H19Br2/c1-2-3-4-5-6-7-8-9-10(11)12/h10H,1-9H2. The van der Waals surface area contributed by atoms with Gasteiger partial charge in [0.1, 0.15) is 0 Å². The zero-order valence-corrected chi connectivity index (χ0v) is 10.9. The molecule has 0 aromatic carbocycles. The zero-order valence-electron chi connectivity index (χ0n) is 7.70. The van der Waals surface area contributed by atoms with Crippen molar-refractivity contribution in [1.29, 1.82) is 0 Å². The van der Waals surface area contributed by atoms with Gasteiger partial charge in [-0.1, -0.05) is 83.7 Å². The number of hydrogen-bond acceptors (Lipinski definition) is 0. The molecule has 0 aliphatic carbocycles. The van der Waals surface area contributed by atoms with E-state index in [1.165, 1.54) is 44.9 Å². The summed E-state index contributed by atoms with van der Waals surface area (Å²) in [7, 11) is 0. The summed E-state index contributed by atoms with van der Waals surface area (Å²) in [5, 5.41) is 0. The predicted octanol–water partition coefficient (Wildman–Crippen LogP) is 5.06. The Morgan fingerprint density at radius 3 is 1.83 bits per heavy atom. The van der Waals surface area contributed by atoms with Crippen LogP contribution in [0.15, 0.2) is 0 Å².